The lowest BCUT2D eigenvalue weighted by Crippen LogP contribution is -2.44. The number of hydrogen-bond acceptors (Lipinski definition) is 3. The molecule has 0 aliphatic heterocycles. The summed E-state index contributed by atoms with van der Waals surface area (Å²) in [5.74, 6) is -0.193. The second kappa shape index (κ2) is 10.1. The highest BCUT2D eigenvalue weighted by molar-refractivity contribution is 6.30. The van der Waals surface area contributed by atoms with Crippen LogP contribution in [0.2, 0.25) is 5.02 Å². The summed E-state index contributed by atoms with van der Waals surface area (Å²) < 4.78 is 0. The minimum absolute atomic E-state index is 0.00649. The lowest BCUT2D eigenvalue weighted by Gasteiger charge is -2.31. The molecule has 27 heavy (non-hydrogen) atoms. The van der Waals surface area contributed by atoms with Crippen LogP contribution in [-0.4, -0.2) is 48.3 Å². The highest BCUT2D eigenvalue weighted by atomic mass is 35.5. The van der Waals surface area contributed by atoms with Crippen molar-refractivity contribution in [2.24, 2.45) is 0 Å². The van der Waals surface area contributed by atoms with Gasteiger partial charge in [-0.3, -0.25) is 14.5 Å². The fourth-order valence-corrected chi connectivity index (χ4v) is 3.11. The molecule has 0 aliphatic rings. The molecule has 0 bridgehead atoms. The Morgan fingerprint density at radius 3 is 2.15 bits per heavy atom. The first-order valence-corrected chi connectivity index (χ1v) is 9.43. The summed E-state index contributed by atoms with van der Waals surface area (Å²) >= 11 is 5.87. The molecule has 5 nitrogen and oxygen atoms in total. The third-order valence-corrected chi connectivity index (χ3v) is 4.64. The highest BCUT2D eigenvalue weighted by Crippen LogP contribution is 2.22. The number of rotatable bonds is 8. The van der Waals surface area contributed by atoms with E-state index in [1.807, 2.05) is 44.2 Å². The van der Waals surface area contributed by atoms with E-state index in [1.54, 1.807) is 41.1 Å². The third kappa shape index (κ3) is 5.81. The van der Waals surface area contributed by atoms with Crippen LogP contribution < -0.4 is 5.32 Å². The third-order valence-electron chi connectivity index (χ3n) is 4.39. The van der Waals surface area contributed by atoms with E-state index in [0.717, 1.165) is 5.56 Å². The van der Waals surface area contributed by atoms with Gasteiger partial charge in [0.2, 0.25) is 11.8 Å². The summed E-state index contributed by atoms with van der Waals surface area (Å²) in [6, 6.07) is 16.0. The van der Waals surface area contributed by atoms with Gasteiger partial charge in [-0.2, -0.15) is 0 Å². The van der Waals surface area contributed by atoms with E-state index in [0.29, 0.717) is 23.8 Å². The van der Waals surface area contributed by atoms with Crippen molar-refractivity contribution in [1.29, 1.82) is 0 Å². The van der Waals surface area contributed by atoms with Gasteiger partial charge >= 0.3 is 0 Å². The van der Waals surface area contributed by atoms with Crippen LogP contribution in [0.1, 0.15) is 25.5 Å². The fraction of sp³-hybridized carbons (Fsp3) is 0.333. The Labute approximate surface area is 165 Å². The minimum Gasteiger partial charge on any atom is -0.342 e. The predicted octanol–water partition coefficient (Wildman–Crippen LogP) is 3.82. The van der Waals surface area contributed by atoms with Gasteiger partial charge < -0.3 is 10.2 Å². The minimum atomic E-state index is -0.512. The Morgan fingerprint density at radius 2 is 1.59 bits per heavy atom. The summed E-state index contributed by atoms with van der Waals surface area (Å²) in [6.07, 6.45) is 0. The zero-order valence-corrected chi connectivity index (χ0v) is 16.7. The lowest BCUT2D eigenvalue weighted by molar-refractivity contribution is -0.137. The van der Waals surface area contributed by atoms with E-state index in [4.69, 9.17) is 11.6 Å². The molecule has 0 fully saturated rings. The number of carbonyl (C=O) groups excluding carboxylic acids is 2. The number of halogens is 1. The molecule has 0 saturated heterocycles. The van der Waals surface area contributed by atoms with Crippen LogP contribution in [0.3, 0.4) is 0 Å². The van der Waals surface area contributed by atoms with E-state index < -0.39 is 6.04 Å². The number of carbonyl (C=O) groups is 2. The highest BCUT2D eigenvalue weighted by Gasteiger charge is 2.29. The van der Waals surface area contributed by atoms with Gasteiger partial charge in [-0.15, -0.1) is 0 Å². The van der Waals surface area contributed by atoms with Crippen LogP contribution in [0, 0.1) is 0 Å². The van der Waals surface area contributed by atoms with Crippen molar-refractivity contribution in [3.8, 4) is 0 Å². The molecule has 0 radical (unpaired) electrons. The standard InChI is InChI=1S/C21H26ClN3O2/c1-4-25(5-2)21(27)20(16-9-7-6-8-10-16)24(3)15-19(26)23-18-13-11-17(22)12-14-18/h6-14,20H,4-5,15H2,1-3H3,(H,23,26)/t20-/m0/s1. The van der Waals surface area contributed by atoms with Gasteiger partial charge in [0.15, 0.2) is 0 Å². The molecular formula is C21H26ClN3O2. The maximum Gasteiger partial charge on any atom is 0.244 e. The van der Waals surface area contributed by atoms with Crippen molar-refractivity contribution < 1.29 is 9.59 Å². The molecule has 0 heterocycles. The van der Waals surface area contributed by atoms with Crippen molar-refractivity contribution in [3.63, 3.8) is 0 Å². The van der Waals surface area contributed by atoms with E-state index in [1.165, 1.54) is 0 Å². The number of hydrogen-bond donors (Lipinski definition) is 1. The molecule has 0 unspecified atom stereocenters. The first kappa shape index (κ1) is 20.9. The molecule has 144 valence electrons. The quantitative estimate of drug-likeness (QED) is 0.749. The topological polar surface area (TPSA) is 52.7 Å². The van der Waals surface area contributed by atoms with Crippen molar-refractivity contribution in [2.75, 3.05) is 32.0 Å². The number of benzene rings is 2. The van der Waals surface area contributed by atoms with Gasteiger partial charge in [0, 0.05) is 23.8 Å². The first-order chi connectivity index (χ1) is 13.0. The largest absolute Gasteiger partial charge is 0.342 e. The van der Waals surface area contributed by atoms with Gasteiger partial charge in [-0.25, -0.2) is 0 Å². The van der Waals surface area contributed by atoms with Gasteiger partial charge in [0.05, 0.1) is 6.54 Å². The molecule has 2 amide bonds. The molecule has 1 atom stereocenters. The van der Waals surface area contributed by atoms with E-state index in [-0.39, 0.29) is 18.4 Å². The second-order valence-corrected chi connectivity index (χ2v) is 6.73. The van der Waals surface area contributed by atoms with Crippen molar-refractivity contribution in [1.82, 2.24) is 9.80 Å². The molecule has 0 aliphatic carbocycles. The monoisotopic (exact) mass is 387 g/mol. The molecule has 0 saturated carbocycles. The number of anilines is 1. The SMILES string of the molecule is CCN(CC)C(=O)[C@H](c1ccccc1)N(C)CC(=O)Nc1ccc(Cl)cc1. The maximum atomic E-state index is 13.1. The van der Waals surface area contributed by atoms with Crippen LogP contribution >= 0.6 is 11.6 Å². The zero-order valence-electron chi connectivity index (χ0n) is 16.0. The van der Waals surface area contributed by atoms with E-state index in [9.17, 15) is 9.59 Å². The Balaban J connectivity index is 2.15. The summed E-state index contributed by atoms with van der Waals surface area (Å²) in [7, 11) is 1.79. The van der Waals surface area contributed by atoms with E-state index in [2.05, 4.69) is 5.32 Å². The molecule has 1 N–H and O–H groups in total. The van der Waals surface area contributed by atoms with Gasteiger partial charge in [-0.1, -0.05) is 41.9 Å². The lowest BCUT2D eigenvalue weighted by atomic mass is 10.0. The molecule has 0 aromatic heterocycles. The molecule has 2 aromatic rings. The van der Waals surface area contributed by atoms with Gasteiger partial charge in [0.1, 0.15) is 6.04 Å². The smallest absolute Gasteiger partial charge is 0.244 e. The average molecular weight is 388 g/mol. The predicted molar refractivity (Wildman–Crippen MR) is 110 cm³/mol. The number of nitrogens with one attached hydrogen (secondary N) is 1. The zero-order chi connectivity index (χ0) is 19.8. The first-order valence-electron chi connectivity index (χ1n) is 9.05. The van der Waals surface area contributed by atoms with Crippen LogP contribution in [0.25, 0.3) is 0 Å². The Morgan fingerprint density at radius 1 is 1.00 bits per heavy atom. The normalized spacial score (nSPS) is 11.9. The van der Waals surface area contributed by atoms with Crippen molar-refractivity contribution in [2.45, 2.75) is 19.9 Å². The maximum absolute atomic E-state index is 13.1. The summed E-state index contributed by atoms with van der Waals surface area (Å²) in [4.78, 5) is 29.1. The molecule has 0 spiro atoms. The van der Waals surface area contributed by atoms with Crippen LogP contribution in [0.15, 0.2) is 54.6 Å². The number of nitrogens with zero attached hydrogens (tertiary/aromatic N) is 2. The average Bonchev–Trinajstić information content (AvgIpc) is 2.65. The molecule has 2 aromatic carbocycles. The van der Waals surface area contributed by atoms with Crippen molar-refractivity contribution >= 4 is 29.1 Å². The van der Waals surface area contributed by atoms with Crippen molar-refractivity contribution in [3.05, 3.63) is 65.2 Å². The van der Waals surface area contributed by atoms with Crippen LogP contribution in [-0.2, 0) is 9.59 Å². The number of likely N-dealkylation sites (N-methyl/N-ethyl adjacent to an activating group) is 2. The molecular weight excluding hydrogens is 362 g/mol. The Hall–Kier alpha value is -2.37. The van der Waals surface area contributed by atoms with Gasteiger partial charge in [0.25, 0.3) is 0 Å². The Bertz CT molecular complexity index is 746. The van der Waals surface area contributed by atoms with Crippen LogP contribution in [0.5, 0.6) is 0 Å². The number of amides is 2. The fourth-order valence-electron chi connectivity index (χ4n) is 2.98. The summed E-state index contributed by atoms with van der Waals surface area (Å²) in [5.41, 5.74) is 1.54. The second-order valence-electron chi connectivity index (χ2n) is 6.29. The summed E-state index contributed by atoms with van der Waals surface area (Å²) in [5, 5.41) is 3.45. The van der Waals surface area contributed by atoms with E-state index >= 15 is 0 Å². The molecule has 2 rings (SSSR count). The Kier molecular flexibility index (Phi) is 7.82. The van der Waals surface area contributed by atoms with Gasteiger partial charge in [-0.05, 0) is 50.7 Å². The molecule has 6 heteroatoms. The van der Waals surface area contributed by atoms with Crippen LogP contribution in [0.4, 0.5) is 5.69 Å². The summed E-state index contributed by atoms with van der Waals surface area (Å²) in [6.45, 7) is 5.26.